The molecule has 0 spiro atoms. The molecule has 0 aliphatic carbocycles. The van der Waals surface area contributed by atoms with Gasteiger partial charge in [0.25, 0.3) is 0 Å². The number of hydrogen-bond donors (Lipinski definition) is 2. The second-order valence-corrected chi connectivity index (χ2v) is 4.79. The Labute approximate surface area is 123 Å². The first-order chi connectivity index (χ1) is 10.2. The summed E-state index contributed by atoms with van der Waals surface area (Å²) < 4.78 is 5.84. The molecule has 0 saturated carbocycles. The zero-order valence-corrected chi connectivity index (χ0v) is 11.5. The number of nitrogen functional groups attached to an aromatic ring is 2. The molecule has 3 heteroatoms. The van der Waals surface area contributed by atoms with Crippen LogP contribution in [-0.2, 0) is 0 Å². The fourth-order valence-corrected chi connectivity index (χ4v) is 2.22. The van der Waals surface area contributed by atoms with Gasteiger partial charge in [-0.1, -0.05) is 36.4 Å². The molecular formula is C18H16N2O. The number of rotatable bonds is 3. The fourth-order valence-electron chi connectivity index (χ4n) is 2.22. The average Bonchev–Trinajstić information content (AvgIpc) is 2.48. The first kappa shape index (κ1) is 13.1. The number of hydrogen-bond acceptors (Lipinski definition) is 3. The Hall–Kier alpha value is -2.94. The van der Waals surface area contributed by atoms with Crippen molar-refractivity contribution in [1.29, 1.82) is 0 Å². The van der Waals surface area contributed by atoms with Gasteiger partial charge in [0.15, 0.2) is 0 Å². The molecule has 3 rings (SSSR count). The quantitative estimate of drug-likeness (QED) is 0.701. The SMILES string of the molecule is Nc1cc(Oc2ccccc2)cc(-c2ccccc2N)c1. The van der Waals surface area contributed by atoms with E-state index in [1.165, 1.54) is 0 Å². The first-order valence-corrected chi connectivity index (χ1v) is 6.71. The van der Waals surface area contributed by atoms with Gasteiger partial charge in [-0.15, -0.1) is 0 Å². The van der Waals surface area contributed by atoms with Crippen molar-refractivity contribution in [2.24, 2.45) is 0 Å². The Morgan fingerprint density at radius 3 is 2.14 bits per heavy atom. The van der Waals surface area contributed by atoms with Crippen LogP contribution in [0.4, 0.5) is 11.4 Å². The maximum Gasteiger partial charge on any atom is 0.130 e. The van der Waals surface area contributed by atoms with Crippen LogP contribution >= 0.6 is 0 Å². The predicted molar refractivity (Wildman–Crippen MR) is 87.2 cm³/mol. The van der Waals surface area contributed by atoms with E-state index in [-0.39, 0.29) is 0 Å². The van der Waals surface area contributed by atoms with E-state index in [9.17, 15) is 0 Å². The van der Waals surface area contributed by atoms with Crippen LogP contribution < -0.4 is 16.2 Å². The molecule has 0 aliphatic rings. The molecule has 0 saturated heterocycles. The van der Waals surface area contributed by atoms with Gasteiger partial charge in [0, 0.05) is 23.0 Å². The van der Waals surface area contributed by atoms with Gasteiger partial charge in [0.05, 0.1) is 0 Å². The number of para-hydroxylation sites is 2. The molecule has 0 aliphatic heterocycles. The molecule has 104 valence electrons. The Morgan fingerprint density at radius 1 is 0.667 bits per heavy atom. The Balaban J connectivity index is 1.99. The van der Waals surface area contributed by atoms with Crippen LogP contribution in [0.15, 0.2) is 72.8 Å². The average molecular weight is 276 g/mol. The predicted octanol–water partition coefficient (Wildman–Crippen LogP) is 4.31. The van der Waals surface area contributed by atoms with Crippen molar-refractivity contribution in [1.82, 2.24) is 0 Å². The van der Waals surface area contributed by atoms with Crippen molar-refractivity contribution in [3.8, 4) is 22.6 Å². The lowest BCUT2D eigenvalue weighted by atomic mass is 10.0. The minimum Gasteiger partial charge on any atom is -0.457 e. The van der Waals surface area contributed by atoms with E-state index < -0.39 is 0 Å². The number of nitrogens with two attached hydrogens (primary N) is 2. The second kappa shape index (κ2) is 5.59. The Morgan fingerprint density at radius 2 is 1.38 bits per heavy atom. The van der Waals surface area contributed by atoms with Crippen molar-refractivity contribution < 1.29 is 4.74 Å². The van der Waals surface area contributed by atoms with Crippen LogP contribution in [-0.4, -0.2) is 0 Å². The van der Waals surface area contributed by atoms with Crippen LogP contribution in [0, 0.1) is 0 Å². The van der Waals surface area contributed by atoms with E-state index in [2.05, 4.69) is 0 Å². The van der Waals surface area contributed by atoms with Gasteiger partial charge in [-0.2, -0.15) is 0 Å². The lowest BCUT2D eigenvalue weighted by Gasteiger charge is -2.11. The summed E-state index contributed by atoms with van der Waals surface area (Å²) in [6.07, 6.45) is 0. The highest BCUT2D eigenvalue weighted by Gasteiger charge is 2.06. The largest absolute Gasteiger partial charge is 0.457 e. The standard InChI is InChI=1S/C18H16N2O/c19-14-10-13(17-8-4-5-9-18(17)20)11-16(12-14)21-15-6-2-1-3-7-15/h1-12H,19-20H2. The van der Waals surface area contributed by atoms with Crippen molar-refractivity contribution in [3.63, 3.8) is 0 Å². The summed E-state index contributed by atoms with van der Waals surface area (Å²) in [6, 6.07) is 22.9. The maximum absolute atomic E-state index is 6.02. The van der Waals surface area contributed by atoms with E-state index in [1.807, 2.05) is 66.7 Å². The molecule has 3 aromatic rings. The smallest absolute Gasteiger partial charge is 0.130 e. The third-order valence-electron chi connectivity index (χ3n) is 3.18. The summed E-state index contributed by atoms with van der Waals surface area (Å²) in [5.41, 5.74) is 15.3. The molecule has 21 heavy (non-hydrogen) atoms. The highest BCUT2D eigenvalue weighted by Crippen LogP contribution is 2.32. The molecule has 0 bridgehead atoms. The molecule has 0 aromatic heterocycles. The van der Waals surface area contributed by atoms with Gasteiger partial charge in [-0.3, -0.25) is 0 Å². The van der Waals surface area contributed by atoms with Crippen molar-refractivity contribution in [3.05, 3.63) is 72.8 Å². The lowest BCUT2D eigenvalue weighted by Crippen LogP contribution is -1.93. The molecule has 0 radical (unpaired) electrons. The summed E-state index contributed by atoms with van der Waals surface area (Å²) in [4.78, 5) is 0. The van der Waals surface area contributed by atoms with Crippen molar-refractivity contribution >= 4 is 11.4 Å². The molecule has 0 unspecified atom stereocenters. The molecule has 3 nitrogen and oxygen atoms in total. The third-order valence-corrected chi connectivity index (χ3v) is 3.18. The monoisotopic (exact) mass is 276 g/mol. The van der Waals surface area contributed by atoms with Gasteiger partial charge >= 0.3 is 0 Å². The summed E-state index contributed by atoms with van der Waals surface area (Å²) in [7, 11) is 0. The van der Waals surface area contributed by atoms with E-state index >= 15 is 0 Å². The number of benzene rings is 3. The highest BCUT2D eigenvalue weighted by molar-refractivity contribution is 5.79. The molecule has 0 heterocycles. The van der Waals surface area contributed by atoms with Crippen molar-refractivity contribution in [2.75, 3.05) is 11.5 Å². The summed E-state index contributed by atoms with van der Waals surface area (Å²) in [6.45, 7) is 0. The van der Waals surface area contributed by atoms with Crippen molar-refractivity contribution in [2.45, 2.75) is 0 Å². The van der Waals surface area contributed by atoms with Gasteiger partial charge in [-0.25, -0.2) is 0 Å². The Kier molecular flexibility index (Phi) is 3.48. The maximum atomic E-state index is 6.02. The van der Waals surface area contributed by atoms with Crippen LogP contribution in [0.2, 0.25) is 0 Å². The lowest BCUT2D eigenvalue weighted by molar-refractivity contribution is 0.483. The first-order valence-electron chi connectivity index (χ1n) is 6.71. The van der Waals surface area contributed by atoms with Gasteiger partial charge in [-0.05, 0) is 35.9 Å². The van der Waals surface area contributed by atoms with Crippen LogP contribution in [0.3, 0.4) is 0 Å². The third kappa shape index (κ3) is 2.98. The molecule has 3 aromatic carbocycles. The minimum absolute atomic E-state index is 0.640. The van der Waals surface area contributed by atoms with Crippen LogP contribution in [0.25, 0.3) is 11.1 Å². The van der Waals surface area contributed by atoms with Gasteiger partial charge < -0.3 is 16.2 Å². The highest BCUT2D eigenvalue weighted by atomic mass is 16.5. The summed E-state index contributed by atoms with van der Waals surface area (Å²) in [5, 5.41) is 0. The van der Waals surface area contributed by atoms with E-state index in [1.54, 1.807) is 6.07 Å². The van der Waals surface area contributed by atoms with Gasteiger partial charge in [0.1, 0.15) is 11.5 Å². The zero-order valence-electron chi connectivity index (χ0n) is 11.5. The second-order valence-electron chi connectivity index (χ2n) is 4.79. The number of ether oxygens (including phenoxy) is 1. The van der Waals surface area contributed by atoms with E-state index in [4.69, 9.17) is 16.2 Å². The van der Waals surface area contributed by atoms with E-state index in [0.29, 0.717) is 17.1 Å². The molecule has 0 fully saturated rings. The van der Waals surface area contributed by atoms with Crippen LogP contribution in [0.1, 0.15) is 0 Å². The zero-order chi connectivity index (χ0) is 14.7. The topological polar surface area (TPSA) is 61.3 Å². The fraction of sp³-hybridized carbons (Fsp3) is 0. The number of anilines is 2. The molecule has 0 atom stereocenters. The summed E-state index contributed by atoms with van der Waals surface area (Å²) >= 11 is 0. The molecular weight excluding hydrogens is 260 g/mol. The molecule has 0 amide bonds. The molecule has 4 N–H and O–H groups in total. The van der Waals surface area contributed by atoms with E-state index in [0.717, 1.165) is 16.9 Å². The Bertz CT molecular complexity index is 754. The van der Waals surface area contributed by atoms with Crippen LogP contribution in [0.5, 0.6) is 11.5 Å². The summed E-state index contributed by atoms with van der Waals surface area (Å²) in [5.74, 6) is 1.47. The van der Waals surface area contributed by atoms with Gasteiger partial charge in [0.2, 0.25) is 0 Å². The normalized spacial score (nSPS) is 10.3. The minimum atomic E-state index is 0.640.